The largest absolute Gasteiger partial charge is 0.479 e. The van der Waals surface area contributed by atoms with E-state index in [2.05, 4.69) is 0 Å². The summed E-state index contributed by atoms with van der Waals surface area (Å²) in [6.45, 7) is -2.12. The summed E-state index contributed by atoms with van der Waals surface area (Å²) in [5.74, 6) is -3.34. The number of aliphatic hydroxyl groups is 8. The minimum Gasteiger partial charge on any atom is -0.479 e. The van der Waals surface area contributed by atoms with Crippen molar-refractivity contribution in [3.05, 3.63) is 71.8 Å². The summed E-state index contributed by atoms with van der Waals surface area (Å²) in [6.07, 6.45) is -32.3. The molecule has 0 aromatic heterocycles. The van der Waals surface area contributed by atoms with E-state index < -0.39 is 148 Å². The molecule has 4 aliphatic rings. The number of hydrogen-bond acceptors (Lipinski definition) is 21. The van der Waals surface area contributed by atoms with Gasteiger partial charge in [0.15, 0.2) is 37.4 Å². The molecule has 4 fully saturated rings. The van der Waals surface area contributed by atoms with Gasteiger partial charge in [0.25, 0.3) is 0 Å². The van der Waals surface area contributed by atoms with Crippen LogP contribution in [0.5, 0.6) is 0 Å². The van der Waals surface area contributed by atoms with Crippen LogP contribution in [-0.4, -0.2) is 199 Å². The second kappa shape index (κ2) is 20.9. The van der Waals surface area contributed by atoms with Crippen molar-refractivity contribution < 1.29 is 103 Å². The highest BCUT2D eigenvalue weighted by Gasteiger charge is 2.57. The first-order chi connectivity index (χ1) is 29.1. The lowest BCUT2D eigenvalue weighted by molar-refractivity contribution is -0.370. The summed E-state index contributed by atoms with van der Waals surface area (Å²) < 4.78 is 51.6. The molecule has 0 saturated carbocycles. The maximum absolute atomic E-state index is 12.9. The molecule has 0 unspecified atom stereocenters. The molecule has 0 radical (unpaired) electrons. The minimum atomic E-state index is -2.10. The molecule has 23 heteroatoms. The lowest BCUT2D eigenvalue weighted by Crippen LogP contribution is -2.70. The second-order valence-electron chi connectivity index (χ2n) is 14.9. The standard InChI is InChI=1S/C38H52N2O21/c39-19-26(21(43)17(11-41)55-35(19)52)57-38-25(47)29(54-14-16-9-5-2-6-10-16)31(32(61-38)34(50)51)60-36-20(40)27(22(44)18(12-42)56-36)58-37-24(46)28(23(45)30(59-37)33(48)49)53-13-15-7-3-1-4-8-15/h1-10,17-32,35-38,41-47,52H,11-14,39-40H2,(H,48,49)(H,50,51)/t17-,18-,19-,20-,21+,22+,23+,24-,25-,26-,27-,28+,29-,30-,31+,32+,35-,36+,37-,38-/m1/s1. The number of hydrogen-bond donors (Lipinski definition) is 12. The number of nitrogens with two attached hydrogens (primary N) is 2. The molecular formula is C38H52N2O21. The van der Waals surface area contributed by atoms with Crippen LogP contribution in [0.3, 0.4) is 0 Å². The predicted molar refractivity (Wildman–Crippen MR) is 197 cm³/mol. The van der Waals surface area contributed by atoms with Gasteiger partial charge in [-0.1, -0.05) is 60.7 Å². The Morgan fingerprint density at radius 3 is 1.46 bits per heavy atom. The third kappa shape index (κ3) is 10.5. The Bertz CT molecular complexity index is 1700. The van der Waals surface area contributed by atoms with Gasteiger partial charge < -0.3 is 105 Å². The number of carboxylic acid groups (broad SMARTS) is 2. The van der Waals surface area contributed by atoms with Crippen LogP contribution < -0.4 is 11.5 Å². The van der Waals surface area contributed by atoms with Crippen molar-refractivity contribution in [2.75, 3.05) is 13.2 Å². The van der Waals surface area contributed by atoms with E-state index >= 15 is 0 Å². The second-order valence-corrected chi connectivity index (χ2v) is 14.9. The van der Waals surface area contributed by atoms with Crippen LogP contribution in [0.1, 0.15) is 11.1 Å². The van der Waals surface area contributed by atoms with E-state index in [0.29, 0.717) is 11.1 Å². The zero-order chi connectivity index (χ0) is 44.1. The van der Waals surface area contributed by atoms with Crippen molar-refractivity contribution in [2.45, 2.75) is 136 Å². The minimum absolute atomic E-state index is 0.173. The van der Waals surface area contributed by atoms with Crippen molar-refractivity contribution >= 4 is 11.9 Å². The first-order valence-corrected chi connectivity index (χ1v) is 19.3. The third-order valence-corrected chi connectivity index (χ3v) is 10.8. The molecular weight excluding hydrogens is 820 g/mol. The van der Waals surface area contributed by atoms with E-state index in [0.717, 1.165) is 0 Å². The number of aliphatic hydroxyl groups excluding tert-OH is 8. The highest BCUT2D eigenvalue weighted by molar-refractivity contribution is 5.74. The van der Waals surface area contributed by atoms with Crippen LogP contribution >= 0.6 is 0 Å². The van der Waals surface area contributed by atoms with Gasteiger partial charge in [0.2, 0.25) is 0 Å². The van der Waals surface area contributed by atoms with Gasteiger partial charge in [0.05, 0.1) is 38.5 Å². The highest BCUT2D eigenvalue weighted by Crippen LogP contribution is 2.35. The average Bonchev–Trinajstić information content (AvgIpc) is 3.24. The summed E-state index contributed by atoms with van der Waals surface area (Å²) in [6, 6.07) is 13.8. The number of carbonyl (C=O) groups is 2. The molecule has 0 bridgehead atoms. The fraction of sp³-hybridized carbons (Fsp3) is 0.632. The SMILES string of the molecule is N[C@@H]1[C@@H](O[C@@H]2O[C@H](C(=O)O)[C@@H](O[C@@H]3O[C@H](CO)[C@H](O)[C@H](O[C@@H]4O[C@@H](C(=O)O)[C@@H](O)[C@H](OCc5ccccc5)[C@H]4O)[C@H]3N)[C@H](OCc3ccccc3)[C@H]2O)[C@@H](O)[C@@H](CO)O[C@H]1O. The molecule has 6 rings (SSSR count). The van der Waals surface area contributed by atoms with E-state index in [1.807, 2.05) is 0 Å². The summed E-state index contributed by atoms with van der Waals surface area (Å²) in [4.78, 5) is 25.0. The Morgan fingerprint density at radius 2 is 0.951 bits per heavy atom. The fourth-order valence-electron chi connectivity index (χ4n) is 7.48. The van der Waals surface area contributed by atoms with E-state index in [1.54, 1.807) is 60.7 Å². The fourth-order valence-corrected chi connectivity index (χ4v) is 7.48. The van der Waals surface area contributed by atoms with Crippen molar-refractivity contribution in [1.82, 2.24) is 0 Å². The van der Waals surface area contributed by atoms with Crippen LogP contribution in [-0.2, 0) is 65.4 Å². The van der Waals surface area contributed by atoms with E-state index in [1.165, 1.54) is 0 Å². The molecule has 14 N–H and O–H groups in total. The molecule has 0 spiro atoms. The maximum atomic E-state index is 12.9. The smallest absolute Gasteiger partial charge is 0.335 e. The lowest BCUT2D eigenvalue weighted by Gasteiger charge is -2.49. The first kappa shape index (κ1) is 47.1. The lowest BCUT2D eigenvalue weighted by atomic mass is 9.94. The van der Waals surface area contributed by atoms with E-state index in [9.17, 15) is 60.7 Å². The maximum Gasteiger partial charge on any atom is 0.335 e. The van der Waals surface area contributed by atoms with Gasteiger partial charge in [-0.2, -0.15) is 0 Å². The predicted octanol–water partition coefficient (Wildman–Crippen LogP) is -5.18. The van der Waals surface area contributed by atoms with Crippen molar-refractivity contribution in [1.29, 1.82) is 0 Å². The molecule has 4 heterocycles. The molecule has 2 aromatic rings. The van der Waals surface area contributed by atoms with E-state index in [-0.39, 0.29) is 13.2 Å². The first-order valence-electron chi connectivity index (χ1n) is 19.3. The molecule has 340 valence electrons. The van der Waals surface area contributed by atoms with E-state index in [4.69, 9.17) is 54.1 Å². The number of ether oxygens (including phenoxy) is 9. The zero-order valence-electron chi connectivity index (χ0n) is 32.3. The summed E-state index contributed by atoms with van der Waals surface area (Å²) in [5.41, 5.74) is 13.7. The van der Waals surface area contributed by atoms with Gasteiger partial charge in [0, 0.05) is 0 Å². The van der Waals surface area contributed by atoms with Gasteiger partial charge in [-0.05, 0) is 11.1 Å². The van der Waals surface area contributed by atoms with Gasteiger partial charge >= 0.3 is 11.9 Å². The third-order valence-electron chi connectivity index (χ3n) is 10.8. The summed E-state index contributed by atoms with van der Waals surface area (Å²) in [5, 5.41) is 106. The van der Waals surface area contributed by atoms with Crippen molar-refractivity contribution in [3.63, 3.8) is 0 Å². The molecule has 2 aromatic carbocycles. The summed E-state index contributed by atoms with van der Waals surface area (Å²) >= 11 is 0. The monoisotopic (exact) mass is 872 g/mol. The number of aliphatic carboxylic acids is 2. The Balaban J connectivity index is 1.26. The van der Waals surface area contributed by atoms with Gasteiger partial charge in [-0.25, -0.2) is 9.59 Å². The summed E-state index contributed by atoms with van der Waals surface area (Å²) in [7, 11) is 0. The highest BCUT2D eigenvalue weighted by atomic mass is 16.8. The molecule has 4 aliphatic heterocycles. The quantitative estimate of drug-likeness (QED) is 0.0750. The Kier molecular flexibility index (Phi) is 16.1. The van der Waals surface area contributed by atoms with Gasteiger partial charge in [0.1, 0.15) is 73.2 Å². The molecule has 4 saturated heterocycles. The van der Waals surface area contributed by atoms with Crippen molar-refractivity contribution in [2.24, 2.45) is 11.5 Å². The van der Waals surface area contributed by atoms with Crippen LogP contribution in [0.25, 0.3) is 0 Å². The molecule has 0 aliphatic carbocycles. The van der Waals surface area contributed by atoms with Gasteiger partial charge in [-0.3, -0.25) is 0 Å². The van der Waals surface area contributed by atoms with Crippen LogP contribution in [0.2, 0.25) is 0 Å². The Labute approximate surface area is 347 Å². The van der Waals surface area contributed by atoms with Crippen molar-refractivity contribution in [3.8, 4) is 0 Å². The van der Waals surface area contributed by atoms with Crippen LogP contribution in [0.15, 0.2) is 60.7 Å². The molecule has 20 atom stereocenters. The number of carboxylic acids is 2. The normalized spacial score (nSPS) is 41.9. The number of rotatable bonds is 16. The Morgan fingerprint density at radius 1 is 0.508 bits per heavy atom. The average molecular weight is 873 g/mol. The van der Waals surface area contributed by atoms with Crippen LogP contribution in [0.4, 0.5) is 0 Å². The Hall–Kier alpha value is -3.38. The number of benzene rings is 2. The molecule has 0 amide bonds. The van der Waals surface area contributed by atoms with Gasteiger partial charge in [-0.15, -0.1) is 0 Å². The molecule has 61 heavy (non-hydrogen) atoms. The zero-order valence-corrected chi connectivity index (χ0v) is 32.3. The topological polar surface area (TPSA) is 372 Å². The molecule has 23 nitrogen and oxygen atoms in total. The van der Waals surface area contributed by atoms with Crippen LogP contribution in [0, 0.1) is 0 Å².